The van der Waals surface area contributed by atoms with Crippen molar-refractivity contribution >= 4 is 35.3 Å². The Morgan fingerprint density at radius 1 is 0.731 bits per heavy atom. The highest BCUT2D eigenvalue weighted by Gasteiger charge is 2.17. The van der Waals surface area contributed by atoms with Crippen molar-refractivity contribution in [3.63, 3.8) is 0 Å². The van der Waals surface area contributed by atoms with Gasteiger partial charge in [0.2, 0.25) is 0 Å². The van der Waals surface area contributed by atoms with Gasteiger partial charge >= 0.3 is 12.1 Å². The first-order valence-corrected chi connectivity index (χ1v) is 16.3. The first-order valence-electron chi connectivity index (χ1n) is 16.3. The van der Waals surface area contributed by atoms with E-state index in [0.29, 0.717) is 45.0 Å². The molecule has 0 aliphatic carbocycles. The molecule has 12 nitrogen and oxygen atoms in total. The molecule has 4 rings (SSSR count). The summed E-state index contributed by atoms with van der Waals surface area (Å²) >= 11 is 0. The molecular formula is C39H40FN3O9. The number of carbonyl (C=O) groups is 5. The Bertz CT molecular complexity index is 1890. The predicted octanol–water partition coefficient (Wildman–Crippen LogP) is 5.95. The minimum atomic E-state index is -1.04. The van der Waals surface area contributed by atoms with Crippen LogP contribution in [-0.4, -0.2) is 66.7 Å². The molecule has 0 saturated carbocycles. The Kier molecular flexibility index (Phi) is 13.1. The summed E-state index contributed by atoms with van der Waals surface area (Å²) in [6.07, 6.45) is -0.573. The third-order valence-corrected chi connectivity index (χ3v) is 7.43. The number of carboxylic acids is 1. The highest BCUT2D eigenvalue weighted by molar-refractivity contribution is 6.09. The van der Waals surface area contributed by atoms with Crippen molar-refractivity contribution < 1.29 is 47.7 Å². The highest BCUT2D eigenvalue weighted by atomic mass is 19.1. The number of hydrogen-bond acceptors (Lipinski definition) is 8. The second-order valence-corrected chi connectivity index (χ2v) is 12.7. The largest absolute Gasteiger partial charge is 0.484 e. The zero-order chi connectivity index (χ0) is 37.8. The van der Waals surface area contributed by atoms with Gasteiger partial charge in [-0.2, -0.15) is 0 Å². The number of benzene rings is 4. The van der Waals surface area contributed by atoms with E-state index in [1.54, 1.807) is 99.6 Å². The van der Waals surface area contributed by atoms with Gasteiger partial charge in [-0.15, -0.1) is 0 Å². The van der Waals surface area contributed by atoms with Gasteiger partial charge in [-0.25, -0.2) is 9.18 Å². The molecule has 272 valence electrons. The van der Waals surface area contributed by atoms with Gasteiger partial charge in [-0.3, -0.25) is 19.2 Å². The standard InChI is InChI=1S/C39H40FN3O9/c1-24(37(47)48)28-11-18-32(33(40)21-28)25-5-12-29(13-6-25)43-35(45)23-51-31-16-9-27(10-17-31)36(46)26-7-14-30(15-8-26)50-22-34(44)41-19-20-42-38(49)52-39(2,3)4/h5-18,21,24H,19-20,22-23H2,1-4H3,(H,41,44)(H,42,49)(H,43,45)(H,47,48). The van der Waals surface area contributed by atoms with E-state index in [1.807, 2.05) is 0 Å². The minimum Gasteiger partial charge on any atom is -0.484 e. The van der Waals surface area contributed by atoms with Crippen molar-refractivity contribution in [3.8, 4) is 22.6 Å². The van der Waals surface area contributed by atoms with Gasteiger partial charge in [0, 0.05) is 35.5 Å². The van der Waals surface area contributed by atoms with Crippen LogP contribution in [0.1, 0.15) is 55.1 Å². The van der Waals surface area contributed by atoms with Gasteiger partial charge in [-0.1, -0.05) is 24.3 Å². The van der Waals surface area contributed by atoms with Gasteiger partial charge in [0.25, 0.3) is 11.8 Å². The molecule has 4 N–H and O–H groups in total. The van der Waals surface area contributed by atoms with Gasteiger partial charge in [0.15, 0.2) is 19.0 Å². The fourth-order valence-corrected chi connectivity index (χ4v) is 4.71. The maximum atomic E-state index is 14.7. The molecule has 0 bridgehead atoms. The first-order chi connectivity index (χ1) is 24.7. The monoisotopic (exact) mass is 713 g/mol. The number of anilines is 1. The summed E-state index contributed by atoms with van der Waals surface area (Å²) < 4.78 is 30.9. The Morgan fingerprint density at radius 2 is 1.27 bits per heavy atom. The van der Waals surface area contributed by atoms with Gasteiger partial charge in [0.05, 0.1) is 5.92 Å². The Morgan fingerprint density at radius 3 is 1.79 bits per heavy atom. The van der Waals surface area contributed by atoms with E-state index >= 15 is 0 Å². The number of nitrogens with one attached hydrogen (secondary N) is 3. The second kappa shape index (κ2) is 17.6. The van der Waals surface area contributed by atoms with E-state index in [1.165, 1.54) is 19.1 Å². The van der Waals surface area contributed by atoms with Crippen LogP contribution in [0.2, 0.25) is 0 Å². The summed E-state index contributed by atoms with van der Waals surface area (Å²) in [6.45, 7) is 6.59. The molecule has 3 amide bonds. The summed E-state index contributed by atoms with van der Waals surface area (Å²) in [5.41, 5.74) is 1.88. The molecule has 0 saturated heterocycles. The Balaban J connectivity index is 1.19. The van der Waals surface area contributed by atoms with Gasteiger partial charge in [0.1, 0.15) is 22.9 Å². The zero-order valence-corrected chi connectivity index (χ0v) is 29.2. The van der Waals surface area contributed by atoms with Crippen LogP contribution in [0, 0.1) is 5.82 Å². The SMILES string of the molecule is CC(C(=O)O)c1ccc(-c2ccc(NC(=O)COc3ccc(C(=O)c4ccc(OCC(=O)NCCNC(=O)OC(C)(C)C)cc4)cc3)cc2)c(F)c1. The molecule has 0 radical (unpaired) electrons. The number of hydrogen-bond donors (Lipinski definition) is 4. The fourth-order valence-electron chi connectivity index (χ4n) is 4.71. The van der Waals surface area contributed by atoms with Crippen molar-refractivity contribution in [2.45, 2.75) is 39.2 Å². The summed E-state index contributed by atoms with van der Waals surface area (Å²) in [5, 5.41) is 17.0. The molecule has 0 aromatic heterocycles. The molecule has 0 aliphatic heterocycles. The van der Waals surface area contributed by atoms with Crippen molar-refractivity contribution in [1.29, 1.82) is 0 Å². The van der Waals surface area contributed by atoms with E-state index in [4.69, 9.17) is 19.3 Å². The number of alkyl carbamates (subject to hydrolysis) is 1. The van der Waals surface area contributed by atoms with Crippen molar-refractivity contribution in [1.82, 2.24) is 10.6 Å². The molecule has 0 fully saturated rings. The number of rotatable bonds is 15. The Labute approximate surface area is 300 Å². The van der Waals surface area contributed by atoms with Crippen molar-refractivity contribution in [2.24, 2.45) is 0 Å². The number of halogens is 1. The molecule has 4 aromatic rings. The third kappa shape index (κ3) is 11.7. The van der Waals surface area contributed by atoms with Gasteiger partial charge in [-0.05, 0) is 106 Å². The number of carbonyl (C=O) groups excluding carboxylic acids is 4. The van der Waals surface area contributed by atoms with Crippen LogP contribution in [0.25, 0.3) is 11.1 Å². The molecule has 0 heterocycles. The molecule has 1 unspecified atom stereocenters. The smallest absolute Gasteiger partial charge is 0.407 e. The number of ketones is 1. The molecule has 13 heteroatoms. The van der Waals surface area contributed by atoms with Crippen molar-refractivity contribution in [2.75, 3.05) is 31.6 Å². The first kappa shape index (κ1) is 38.6. The number of ether oxygens (including phenoxy) is 3. The fraction of sp³-hybridized carbons (Fsp3) is 0.256. The van der Waals surface area contributed by atoms with E-state index in [-0.39, 0.29) is 38.0 Å². The lowest BCUT2D eigenvalue weighted by Gasteiger charge is -2.19. The molecule has 4 aromatic carbocycles. The van der Waals surface area contributed by atoms with Crippen LogP contribution in [0.4, 0.5) is 14.9 Å². The Hall–Kier alpha value is -6.24. The molecule has 0 spiro atoms. The lowest BCUT2D eigenvalue weighted by Crippen LogP contribution is -2.39. The molecule has 0 aliphatic rings. The molecule has 52 heavy (non-hydrogen) atoms. The third-order valence-electron chi connectivity index (χ3n) is 7.43. The average Bonchev–Trinajstić information content (AvgIpc) is 3.11. The number of aliphatic carboxylic acids is 1. The highest BCUT2D eigenvalue weighted by Crippen LogP contribution is 2.28. The normalized spacial score (nSPS) is 11.5. The van der Waals surface area contributed by atoms with Crippen LogP contribution in [0.3, 0.4) is 0 Å². The number of carboxylic acid groups (broad SMARTS) is 1. The van der Waals surface area contributed by atoms with Crippen LogP contribution < -0.4 is 25.4 Å². The quantitative estimate of drug-likeness (QED) is 0.0859. The lowest BCUT2D eigenvalue weighted by molar-refractivity contribution is -0.138. The maximum Gasteiger partial charge on any atom is 0.407 e. The van der Waals surface area contributed by atoms with Crippen LogP contribution in [0.5, 0.6) is 11.5 Å². The number of amides is 3. The van der Waals surface area contributed by atoms with Crippen LogP contribution >= 0.6 is 0 Å². The van der Waals surface area contributed by atoms with E-state index in [2.05, 4.69) is 16.0 Å². The summed E-state index contributed by atoms with van der Waals surface area (Å²) in [6, 6.07) is 23.5. The predicted molar refractivity (Wildman–Crippen MR) is 191 cm³/mol. The zero-order valence-electron chi connectivity index (χ0n) is 29.2. The van der Waals surface area contributed by atoms with Crippen LogP contribution in [-0.2, 0) is 19.1 Å². The van der Waals surface area contributed by atoms with Crippen LogP contribution in [0.15, 0.2) is 91.0 Å². The summed E-state index contributed by atoms with van der Waals surface area (Å²) in [7, 11) is 0. The maximum absolute atomic E-state index is 14.7. The minimum absolute atomic E-state index is 0.193. The van der Waals surface area contributed by atoms with E-state index < -0.39 is 35.3 Å². The topological polar surface area (TPSA) is 169 Å². The van der Waals surface area contributed by atoms with E-state index in [0.717, 1.165) is 0 Å². The second-order valence-electron chi connectivity index (χ2n) is 12.7. The van der Waals surface area contributed by atoms with E-state index in [9.17, 15) is 28.4 Å². The lowest BCUT2D eigenvalue weighted by atomic mass is 9.97. The summed E-state index contributed by atoms with van der Waals surface area (Å²) in [4.78, 5) is 60.4. The molecular weight excluding hydrogens is 673 g/mol. The molecule has 1 atom stereocenters. The van der Waals surface area contributed by atoms with Crippen molar-refractivity contribution in [3.05, 3.63) is 114 Å². The summed E-state index contributed by atoms with van der Waals surface area (Å²) in [5.74, 6) is -2.71. The average molecular weight is 714 g/mol. The van der Waals surface area contributed by atoms with Gasteiger partial charge < -0.3 is 35.3 Å².